The average Bonchev–Trinajstić information content (AvgIpc) is 2.81. The lowest BCUT2D eigenvalue weighted by molar-refractivity contribution is -0.137. The van der Waals surface area contributed by atoms with E-state index >= 15 is 0 Å². The Bertz CT molecular complexity index is 1210. The van der Waals surface area contributed by atoms with Gasteiger partial charge in [-0.2, -0.15) is 13.2 Å². The smallest absolute Gasteiger partial charge is 0.388 e. The molecule has 4 rings (SSSR count). The Morgan fingerprint density at radius 3 is 2.39 bits per heavy atom. The normalized spacial score (nSPS) is 15.2. The molecule has 0 bridgehead atoms. The molecular weight excluding hydrogens is 433 g/mol. The number of aromatic nitrogens is 2. The van der Waals surface area contributed by atoms with Crippen LogP contribution in [0.2, 0.25) is 0 Å². The zero-order chi connectivity index (χ0) is 23.6. The van der Waals surface area contributed by atoms with Gasteiger partial charge in [-0.05, 0) is 35.7 Å². The van der Waals surface area contributed by atoms with Crippen LogP contribution in [0.5, 0.6) is 0 Å². The van der Waals surface area contributed by atoms with Crippen molar-refractivity contribution in [3.05, 3.63) is 75.3 Å². The van der Waals surface area contributed by atoms with Crippen LogP contribution in [-0.4, -0.2) is 27.0 Å². The fraction of sp³-hybridized carbons (Fsp3) is 0.400. The highest BCUT2D eigenvalue weighted by Gasteiger charge is 2.30. The van der Waals surface area contributed by atoms with Gasteiger partial charge in [0.15, 0.2) is 5.78 Å². The van der Waals surface area contributed by atoms with E-state index in [9.17, 15) is 22.8 Å². The Hall–Kier alpha value is -3.00. The molecule has 1 N–H and O–H groups in total. The molecule has 0 amide bonds. The quantitative estimate of drug-likeness (QED) is 0.541. The standard InChI is InChI=1S/C25H25F3N2O3/c26-25(27,28)19-9-6-17(7-10-19)14-30-23(12-16-4-2-1-3-5-16)29-21-13-18(22(32)15-31)8-11-20(21)24(30)33/h6-11,13,16,31H,1-5,12,14-15H2. The molecule has 0 unspecified atom stereocenters. The Labute approximate surface area is 188 Å². The molecule has 0 aliphatic heterocycles. The molecule has 1 heterocycles. The van der Waals surface area contributed by atoms with Gasteiger partial charge in [-0.25, -0.2) is 4.98 Å². The van der Waals surface area contributed by atoms with Crippen molar-refractivity contribution in [2.24, 2.45) is 5.92 Å². The number of carbonyl (C=O) groups is 1. The first-order chi connectivity index (χ1) is 15.8. The van der Waals surface area contributed by atoms with Gasteiger partial charge in [0.2, 0.25) is 0 Å². The number of hydrogen-bond acceptors (Lipinski definition) is 4. The summed E-state index contributed by atoms with van der Waals surface area (Å²) >= 11 is 0. The van der Waals surface area contributed by atoms with Crippen LogP contribution in [-0.2, 0) is 19.1 Å². The molecule has 174 valence electrons. The monoisotopic (exact) mass is 458 g/mol. The number of hydrogen-bond donors (Lipinski definition) is 1. The first-order valence-electron chi connectivity index (χ1n) is 11.1. The van der Waals surface area contributed by atoms with Gasteiger partial charge in [0, 0.05) is 12.0 Å². The van der Waals surface area contributed by atoms with Gasteiger partial charge >= 0.3 is 6.18 Å². The zero-order valence-electron chi connectivity index (χ0n) is 18.1. The maximum atomic E-state index is 13.4. The topological polar surface area (TPSA) is 72.2 Å². The highest BCUT2D eigenvalue weighted by atomic mass is 19.4. The molecule has 8 heteroatoms. The van der Waals surface area contributed by atoms with E-state index in [0.29, 0.717) is 34.6 Å². The van der Waals surface area contributed by atoms with Crippen molar-refractivity contribution in [1.29, 1.82) is 0 Å². The summed E-state index contributed by atoms with van der Waals surface area (Å²) < 4.78 is 40.3. The second-order valence-corrected chi connectivity index (χ2v) is 8.64. The molecule has 0 spiro atoms. The predicted octanol–water partition coefficient (Wildman–Crippen LogP) is 4.76. The van der Waals surface area contributed by atoms with Crippen molar-refractivity contribution in [3.63, 3.8) is 0 Å². The summed E-state index contributed by atoms with van der Waals surface area (Å²) in [5.41, 5.74) is 0.199. The van der Waals surface area contributed by atoms with Crippen LogP contribution in [0.3, 0.4) is 0 Å². The summed E-state index contributed by atoms with van der Waals surface area (Å²) in [4.78, 5) is 30.0. The highest BCUT2D eigenvalue weighted by Crippen LogP contribution is 2.30. The molecule has 0 atom stereocenters. The third-order valence-corrected chi connectivity index (χ3v) is 6.32. The summed E-state index contributed by atoms with van der Waals surface area (Å²) in [6.45, 7) is -0.523. The van der Waals surface area contributed by atoms with Gasteiger partial charge < -0.3 is 5.11 Å². The minimum absolute atomic E-state index is 0.110. The van der Waals surface area contributed by atoms with Crippen molar-refractivity contribution in [3.8, 4) is 0 Å². The van der Waals surface area contributed by atoms with Gasteiger partial charge in [-0.3, -0.25) is 14.2 Å². The van der Waals surface area contributed by atoms with E-state index in [1.54, 1.807) is 0 Å². The third-order valence-electron chi connectivity index (χ3n) is 6.32. The average molecular weight is 458 g/mol. The second kappa shape index (κ2) is 9.47. The fourth-order valence-electron chi connectivity index (χ4n) is 4.48. The van der Waals surface area contributed by atoms with Crippen LogP contribution < -0.4 is 5.56 Å². The summed E-state index contributed by atoms with van der Waals surface area (Å²) in [6, 6.07) is 9.31. The van der Waals surface area contributed by atoms with E-state index in [4.69, 9.17) is 10.1 Å². The van der Waals surface area contributed by atoms with Crippen molar-refractivity contribution < 1.29 is 23.1 Å². The molecule has 0 radical (unpaired) electrons. The summed E-state index contributed by atoms with van der Waals surface area (Å²) in [6.07, 6.45) is 1.67. The SMILES string of the molecule is O=C(CO)c1ccc2c(=O)n(Cc3ccc(C(F)(F)F)cc3)c(CC3CCCCC3)nc2c1. The molecule has 2 aromatic carbocycles. The molecule has 3 aromatic rings. The molecule has 1 aliphatic carbocycles. The molecular formula is C25H25F3N2O3. The molecule has 1 fully saturated rings. The van der Waals surface area contributed by atoms with Gasteiger partial charge in [0.25, 0.3) is 5.56 Å². The van der Waals surface area contributed by atoms with Crippen molar-refractivity contribution in [1.82, 2.24) is 9.55 Å². The largest absolute Gasteiger partial charge is 0.416 e. The molecule has 1 saturated carbocycles. The Morgan fingerprint density at radius 2 is 1.76 bits per heavy atom. The predicted molar refractivity (Wildman–Crippen MR) is 118 cm³/mol. The van der Waals surface area contributed by atoms with Crippen LogP contribution in [0.1, 0.15) is 59.4 Å². The molecule has 1 aromatic heterocycles. The lowest BCUT2D eigenvalue weighted by atomic mass is 9.86. The Morgan fingerprint density at radius 1 is 1.06 bits per heavy atom. The number of aliphatic hydroxyl groups excluding tert-OH is 1. The molecule has 5 nitrogen and oxygen atoms in total. The lowest BCUT2D eigenvalue weighted by Gasteiger charge is -2.23. The number of rotatable bonds is 6. The van der Waals surface area contributed by atoms with Gasteiger partial charge in [0.05, 0.1) is 23.0 Å². The van der Waals surface area contributed by atoms with Crippen LogP contribution >= 0.6 is 0 Å². The van der Waals surface area contributed by atoms with E-state index in [1.165, 1.54) is 41.3 Å². The van der Waals surface area contributed by atoms with Crippen LogP contribution in [0, 0.1) is 5.92 Å². The van der Waals surface area contributed by atoms with Gasteiger partial charge in [0.1, 0.15) is 12.4 Å². The summed E-state index contributed by atoms with van der Waals surface area (Å²) in [5.74, 6) is 0.485. The number of nitrogens with zero attached hydrogens (tertiary/aromatic N) is 2. The Kier molecular flexibility index (Phi) is 6.65. The number of carbonyl (C=O) groups excluding carboxylic acids is 1. The van der Waals surface area contributed by atoms with Crippen molar-refractivity contribution >= 4 is 16.7 Å². The fourth-order valence-corrected chi connectivity index (χ4v) is 4.48. The Balaban J connectivity index is 1.76. The number of alkyl halides is 3. The number of halogens is 3. The first kappa shape index (κ1) is 23.2. The molecule has 33 heavy (non-hydrogen) atoms. The maximum Gasteiger partial charge on any atom is 0.416 e. The van der Waals surface area contributed by atoms with Crippen LogP contribution in [0.4, 0.5) is 13.2 Å². The minimum Gasteiger partial charge on any atom is -0.388 e. The van der Waals surface area contributed by atoms with E-state index in [0.717, 1.165) is 37.8 Å². The lowest BCUT2D eigenvalue weighted by Crippen LogP contribution is -2.28. The second-order valence-electron chi connectivity index (χ2n) is 8.64. The molecule has 0 saturated heterocycles. The summed E-state index contributed by atoms with van der Waals surface area (Å²) in [7, 11) is 0. The van der Waals surface area contributed by atoms with E-state index in [2.05, 4.69) is 0 Å². The van der Waals surface area contributed by atoms with Crippen LogP contribution in [0.15, 0.2) is 47.3 Å². The third kappa shape index (κ3) is 5.16. The number of benzene rings is 2. The first-order valence-corrected chi connectivity index (χ1v) is 11.1. The maximum absolute atomic E-state index is 13.4. The van der Waals surface area contributed by atoms with Gasteiger partial charge in [-0.1, -0.05) is 50.3 Å². The van der Waals surface area contributed by atoms with Crippen LogP contribution in [0.25, 0.3) is 10.9 Å². The number of aliphatic hydroxyl groups is 1. The highest BCUT2D eigenvalue weighted by molar-refractivity contribution is 5.99. The number of ketones is 1. The minimum atomic E-state index is -4.42. The summed E-state index contributed by atoms with van der Waals surface area (Å²) in [5, 5.41) is 9.48. The van der Waals surface area contributed by atoms with E-state index in [1.807, 2.05) is 0 Å². The van der Waals surface area contributed by atoms with Crippen molar-refractivity contribution in [2.45, 2.75) is 51.2 Å². The zero-order valence-corrected chi connectivity index (χ0v) is 18.1. The molecule has 1 aliphatic rings. The number of Topliss-reactive ketones (excluding diaryl/α,β-unsaturated/α-hetero) is 1. The van der Waals surface area contributed by atoms with E-state index < -0.39 is 24.1 Å². The van der Waals surface area contributed by atoms with Gasteiger partial charge in [-0.15, -0.1) is 0 Å². The van der Waals surface area contributed by atoms with Crippen molar-refractivity contribution in [2.75, 3.05) is 6.61 Å². The number of fused-ring (bicyclic) bond motifs is 1. The van der Waals surface area contributed by atoms with E-state index in [-0.39, 0.29) is 17.7 Å².